The van der Waals surface area contributed by atoms with Gasteiger partial charge in [-0.25, -0.2) is 4.39 Å². The van der Waals surface area contributed by atoms with Crippen molar-refractivity contribution < 1.29 is 18.7 Å². The highest BCUT2D eigenvalue weighted by atomic mass is 19.1. The average Bonchev–Trinajstić information content (AvgIpc) is 3.18. The molecule has 0 unspecified atom stereocenters. The molecule has 1 saturated carbocycles. The number of carbonyl (C=O) groups excluding carboxylic acids is 1. The van der Waals surface area contributed by atoms with Gasteiger partial charge in [0.25, 0.3) is 0 Å². The molecule has 1 aromatic carbocycles. The Hall–Kier alpha value is -1.84. The summed E-state index contributed by atoms with van der Waals surface area (Å²) < 4.78 is 23.8. The topological polar surface area (TPSA) is 35.5 Å². The monoisotopic (exact) mass is 278 g/mol. The lowest BCUT2D eigenvalue weighted by atomic mass is 9.95. The van der Waals surface area contributed by atoms with E-state index in [2.05, 4.69) is 4.74 Å². The van der Waals surface area contributed by atoms with Crippen LogP contribution in [0, 0.1) is 0 Å². The summed E-state index contributed by atoms with van der Waals surface area (Å²) in [6.45, 7) is 3.55. The average molecular weight is 278 g/mol. The molecule has 0 aromatic heterocycles. The molecule has 2 rings (SSSR count). The predicted octanol–water partition coefficient (Wildman–Crippen LogP) is 3.53. The fraction of sp³-hybridized carbons (Fsp3) is 0.438. The molecule has 1 aromatic rings. The molecule has 1 aliphatic rings. The molecule has 0 aliphatic heterocycles. The van der Waals surface area contributed by atoms with Gasteiger partial charge in [-0.3, -0.25) is 4.79 Å². The second-order valence-corrected chi connectivity index (χ2v) is 4.98. The molecule has 0 radical (unpaired) electrons. The van der Waals surface area contributed by atoms with Gasteiger partial charge in [-0.15, -0.1) is 0 Å². The van der Waals surface area contributed by atoms with Crippen LogP contribution in [0.1, 0.15) is 32.3 Å². The van der Waals surface area contributed by atoms with Crippen molar-refractivity contribution in [1.29, 1.82) is 0 Å². The fourth-order valence-corrected chi connectivity index (χ4v) is 2.21. The second-order valence-electron chi connectivity index (χ2n) is 4.98. The van der Waals surface area contributed by atoms with Crippen molar-refractivity contribution in [2.75, 3.05) is 13.2 Å². The minimum Gasteiger partial charge on any atom is -0.494 e. The summed E-state index contributed by atoms with van der Waals surface area (Å²) >= 11 is 0. The summed E-state index contributed by atoms with van der Waals surface area (Å²) in [7, 11) is 0. The van der Waals surface area contributed by atoms with E-state index in [-0.39, 0.29) is 12.0 Å². The van der Waals surface area contributed by atoms with Gasteiger partial charge >= 0.3 is 5.97 Å². The number of halogens is 1. The Labute approximate surface area is 118 Å². The Balaban J connectivity index is 2.06. The van der Waals surface area contributed by atoms with Crippen LogP contribution in [-0.4, -0.2) is 19.2 Å². The molecule has 0 amide bonds. The van der Waals surface area contributed by atoms with E-state index in [1.54, 1.807) is 6.08 Å². The van der Waals surface area contributed by atoms with Crippen molar-refractivity contribution >= 4 is 5.97 Å². The number of carbonyl (C=O) groups is 1. The maximum absolute atomic E-state index is 13.7. The first-order chi connectivity index (χ1) is 9.55. The molecular formula is C16H19FO3. The van der Waals surface area contributed by atoms with Crippen LogP contribution < -0.4 is 4.74 Å². The number of rotatable bonds is 6. The Kier molecular flexibility index (Phi) is 4.42. The quantitative estimate of drug-likeness (QED) is 0.747. The van der Waals surface area contributed by atoms with Crippen LogP contribution in [0.15, 0.2) is 36.2 Å². The van der Waals surface area contributed by atoms with Crippen molar-refractivity contribution in [3.8, 4) is 5.75 Å². The van der Waals surface area contributed by atoms with Gasteiger partial charge in [0, 0.05) is 12.3 Å². The molecular weight excluding hydrogens is 259 g/mol. The lowest BCUT2D eigenvalue weighted by Gasteiger charge is -2.12. The number of hydrogen-bond acceptors (Lipinski definition) is 3. The minimum atomic E-state index is -0.473. The molecule has 1 aliphatic carbocycles. The van der Waals surface area contributed by atoms with Crippen LogP contribution in [0.5, 0.6) is 5.75 Å². The van der Waals surface area contributed by atoms with Gasteiger partial charge in [0.2, 0.25) is 0 Å². The van der Waals surface area contributed by atoms with E-state index in [4.69, 9.17) is 4.74 Å². The number of ether oxygens (including phenoxy) is 2. The third-order valence-electron chi connectivity index (χ3n) is 3.38. The summed E-state index contributed by atoms with van der Waals surface area (Å²) in [6.07, 6.45) is 3.40. The van der Waals surface area contributed by atoms with Gasteiger partial charge in [0.15, 0.2) is 0 Å². The molecule has 1 fully saturated rings. The van der Waals surface area contributed by atoms with Gasteiger partial charge in [-0.2, -0.15) is 0 Å². The highest BCUT2D eigenvalue weighted by Gasteiger charge is 2.42. The molecule has 3 nitrogen and oxygen atoms in total. The second kappa shape index (κ2) is 6.07. The molecule has 0 saturated heterocycles. The molecule has 0 N–H and O–H groups in total. The SMILES string of the molecule is CCOc1ccc(C2(C=C(F)COC(C)=O)CC2)cc1. The van der Waals surface area contributed by atoms with Crippen molar-refractivity contribution in [1.82, 2.24) is 0 Å². The van der Waals surface area contributed by atoms with Crippen molar-refractivity contribution in [2.45, 2.75) is 32.1 Å². The van der Waals surface area contributed by atoms with E-state index in [9.17, 15) is 9.18 Å². The predicted molar refractivity (Wildman–Crippen MR) is 74.3 cm³/mol. The van der Waals surface area contributed by atoms with E-state index in [0.717, 1.165) is 24.2 Å². The Morgan fingerprint density at radius 1 is 1.35 bits per heavy atom. The third-order valence-corrected chi connectivity index (χ3v) is 3.38. The van der Waals surface area contributed by atoms with Crippen LogP contribution in [0.3, 0.4) is 0 Å². The van der Waals surface area contributed by atoms with E-state index in [1.807, 2.05) is 31.2 Å². The maximum Gasteiger partial charge on any atom is 0.303 e. The van der Waals surface area contributed by atoms with Crippen LogP contribution >= 0.6 is 0 Å². The standard InChI is InChI=1S/C16H19FO3/c1-3-19-15-6-4-13(5-7-15)16(8-9-16)10-14(17)11-20-12(2)18/h4-7,10H,3,8-9,11H2,1-2H3. The van der Waals surface area contributed by atoms with Crippen molar-refractivity contribution in [2.24, 2.45) is 0 Å². The first kappa shape index (κ1) is 14.6. The summed E-state index contributed by atoms with van der Waals surface area (Å²) in [5.74, 6) is -0.0533. The van der Waals surface area contributed by atoms with Crippen LogP contribution in [-0.2, 0) is 14.9 Å². The zero-order chi connectivity index (χ0) is 14.6. The smallest absolute Gasteiger partial charge is 0.303 e. The highest BCUT2D eigenvalue weighted by Crippen LogP contribution is 2.50. The number of benzene rings is 1. The van der Waals surface area contributed by atoms with Crippen molar-refractivity contribution in [3.63, 3.8) is 0 Å². The zero-order valence-corrected chi connectivity index (χ0v) is 11.8. The fourth-order valence-electron chi connectivity index (χ4n) is 2.21. The largest absolute Gasteiger partial charge is 0.494 e. The molecule has 0 heterocycles. The van der Waals surface area contributed by atoms with Gasteiger partial charge in [-0.1, -0.05) is 12.1 Å². The molecule has 0 spiro atoms. The molecule has 108 valence electrons. The Morgan fingerprint density at radius 2 is 2.00 bits per heavy atom. The zero-order valence-electron chi connectivity index (χ0n) is 11.8. The van der Waals surface area contributed by atoms with Crippen LogP contribution in [0.25, 0.3) is 0 Å². The molecule has 0 bridgehead atoms. The number of allylic oxidation sites excluding steroid dienone is 1. The van der Waals surface area contributed by atoms with Crippen LogP contribution in [0.4, 0.5) is 4.39 Å². The summed E-state index contributed by atoms with van der Waals surface area (Å²) in [5.41, 5.74) is 0.827. The molecule has 0 atom stereocenters. The van der Waals surface area contributed by atoms with Gasteiger partial charge in [0.05, 0.1) is 6.61 Å². The van der Waals surface area contributed by atoms with E-state index < -0.39 is 11.8 Å². The number of esters is 1. The van der Waals surface area contributed by atoms with E-state index >= 15 is 0 Å². The molecule has 4 heteroatoms. The lowest BCUT2D eigenvalue weighted by molar-refractivity contribution is -0.140. The van der Waals surface area contributed by atoms with Crippen molar-refractivity contribution in [3.05, 3.63) is 41.7 Å². The Bertz CT molecular complexity index is 501. The Morgan fingerprint density at radius 3 is 2.50 bits per heavy atom. The van der Waals surface area contributed by atoms with Crippen LogP contribution in [0.2, 0.25) is 0 Å². The normalized spacial score (nSPS) is 16.6. The van der Waals surface area contributed by atoms with Gasteiger partial charge in [-0.05, 0) is 43.5 Å². The maximum atomic E-state index is 13.7. The van der Waals surface area contributed by atoms with Gasteiger partial charge in [0.1, 0.15) is 18.2 Å². The highest BCUT2D eigenvalue weighted by molar-refractivity contribution is 5.66. The van der Waals surface area contributed by atoms with E-state index in [1.165, 1.54) is 6.92 Å². The minimum absolute atomic E-state index is 0.241. The first-order valence-corrected chi connectivity index (χ1v) is 6.80. The third kappa shape index (κ3) is 3.59. The van der Waals surface area contributed by atoms with E-state index in [0.29, 0.717) is 6.61 Å². The molecule has 20 heavy (non-hydrogen) atoms. The first-order valence-electron chi connectivity index (χ1n) is 6.80. The lowest BCUT2D eigenvalue weighted by Crippen LogP contribution is -2.06. The van der Waals surface area contributed by atoms with Gasteiger partial charge < -0.3 is 9.47 Å². The summed E-state index contributed by atoms with van der Waals surface area (Å²) in [6, 6.07) is 7.73. The number of hydrogen-bond donors (Lipinski definition) is 0. The summed E-state index contributed by atoms with van der Waals surface area (Å²) in [5, 5.41) is 0. The summed E-state index contributed by atoms with van der Waals surface area (Å²) in [4.78, 5) is 10.7.